The Bertz CT molecular complexity index is 504. The Kier molecular flexibility index (Phi) is 3.09. The molecule has 4 atom stereocenters. The molecule has 100 valence electrons. The van der Waals surface area contributed by atoms with Crippen LogP contribution in [0, 0.1) is 0 Å². The van der Waals surface area contributed by atoms with Crippen LogP contribution >= 0.6 is 0 Å². The van der Waals surface area contributed by atoms with Crippen LogP contribution in [0.4, 0.5) is 10.2 Å². The molecule has 1 aromatic rings. The molecule has 0 radical (unpaired) electrons. The first-order valence-corrected chi connectivity index (χ1v) is 5.36. The van der Waals surface area contributed by atoms with Gasteiger partial charge in [-0.25, -0.2) is 9.18 Å². The standard InChI is InChI=1S/C10H14FN3O4/c1-10(11)7(16)5(4-15)18-8(10)14-3-2-6(12)13-9(14)17/h2-3,5,7-8,15-16H,4H2,1H3,(H2,12,13,17)/t5-,7+,8?,10+/m1/s1. The summed E-state index contributed by atoms with van der Waals surface area (Å²) in [5, 5.41) is 18.6. The molecule has 8 heteroatoms. The molecule has 1 saturated heterocycles. The number of rotatable bonds is 2. The lowest BCUT2D eigenvalue weighted by Crippen LogP contribution is -2.42. The summed E-state index contributed by atoms with van der Waals surface area (Å²) in [5.41, 5.74) is 2.33. The van der Waals surface area contributed by atoms with Crippen molar-refractivity contribution < 1.29 is 19.3 Å². The van der Waals surface area contributed by atoms with E-state index < -0.39 is 36.4 Å². The van der Waals surface area contributed by atoms with Gasteiger partial charge >= 0.3 is 5.69 Å². The van der Waals surface area contributed by atoms with Crippen molar-refractivity contribution in [3.63, 3.8) is 0 Å². The molecule has 1 aromatic heterocycles. The summed E-state index contributed by atoms with van der Waals surface area (Å²) in [6.45, 7) is 0.551. The van der Waals surface area contributed by atoms with E-state index in [0.717, 1.165) is 11.5 Å². The van der Waals surface area contributed by atoms with E-state index in [0.29, 0.717) is 0 Å². The Balaban J connectivity index is 2.42. The minimum absolute atomic E-state index is 0.00839. The minimum Gasteiger partial charge on any atom is -0.394 e. The van der Waals surface area contributed by atoms with Gasteiger partial charge in [-0.2, -0.15) is 4.98 Å². The van der Waals surface area contributed by atoms with E-state index >= 15 is 0 Å². The first kappa shape index (κ1) is 12.9. The Morgan fingerprint density at radius 1 is 1.72 bits per heavy atom. The van der Waals surface area contributed by atoms with Crippen LogP contribution in [0.15, 0.2) is 17.1 Å². The fourth-order valence-electron chi connectivity index (χ4n) is 1.97. The Morgan fingerprint density at radius 2 is 2.39 bits per heavy atom. The molecule has 18 heavy (non-hydrogen) atoms. The molecule has 1 aliphatic rings. The summed E-state index contributed by atoms with van der Waals surface area (Å²) >= 11 is 0. The number of alkyl halides is 1. The molecule has 0 bridgehead atoms. The molecule has 7 nitrogen and oxygen atoms in total. The number of aromatic nitrogens is 2. The molecular formula is C10H14FN3O4. The summed E-state index contributed by atoms with van der Waals surface area (Å²) < 4.78 is 20.4. The van der Waals surface area contributed by atoms with Crippen LogP contribution < -0.4 is 11.4 Å². The van der Waals surface area contributed by atoms with Crippen LogP contribution in [-0.2, 0) is 4.74 Å². The van der Waals surface area contributed by atoms with Crippen LogP contribution in [0.3, 0.4) is 0 Å². The van der Waals surface area contributed by atoms with Crippen LogP contribution in [0.1, 0.15) is 13.2 Å². The highest BCUT2D eigenvalue weighted by Gasteiger charge is 2.55. The van der Waals surface area contributed by atoms with Gasteiger partial charge in [0.15, 0.2) is 11.9 Å². The quantitative estimate of drug-likeness (QED) is 0.615. The molecule has 0 spiro atoms. The second-order valence-electron chi connectivity index (χ2n) is 4.35. The van der Waals surface area contributed by atoms with Crippen molar-refractivity contribution in [2.75, 3.05) is 12.3 Å². The zero-order chi connectivity index (χ0) is 13.5. The lowest BCUT2D eigenvalue weighted by molar-refractivity contribution is -0.0610. The van der Waals surface area contributed by atoms with Gasteiger partial charge in [0, 0.05) is 6.20 Å². The molecule has 0 aromatic carbocycles. The van der Waals surface area contributed by atoms with Gasteiger partial charge in [-0.3, -0.25) is 4.57 Å². The zero-order valence-corrected chi connectivity index (χ0v) is 9.65. The highest BCUT2D eigenvalue weighted by molar-refractivity contribution is 5.23. The number of nitrogens with two attached hydrogens (primary N) is 1. The Morgan fingerprint density at radius 3 is 2.89 bits per heavy atom. The summed E-state index contributed by atoms with van der Waals surface area (Å²) in [6, 6.07) is 1.32. The van der Waals surface area contributed by atoms with E-state index in [1.54, 1.807) is 0 Å². The van der Waals surface area contributed by atoms with Gasteiger partial charge in [0.1, 0.15) is 18.0 Å². The monoisotopic (exact) mass is 259 g/mol. The van der Waals surface area contributed by atoms with Crippen LogP contribution in [0.5, 0.6) is 0 Å². The summed E-state index contributed by atoms with van der Waals surface area (Å²) in [7, 11) is 0. The average molecular weight is 259 g/mol. The van der Waals surface area contributed by atoms with Gasteiger partial charge < -0.3 is 20.7 Å². The molecule has 1 fully saturated rings. The number of aliphatic hydroxyl groups excluding tert-OH is 2. The molecule has 2 heterocycles. The molecule has 2 rings (SSSR count). The van der Waals surface area contributed by atoms with Crippen molar-refractivity contribution in [1.82, 2.24) is 9.55 Å². The molecule has 1 unspecified atom stereocenters. The van der Waals surface area contributed by atoms with E-state index in [2.05, 4.69) is 4.98 Å². The summed E-state index contributed by atoms with van der Waals surface area (Å²) in [5.74, 6) is 0.00839. The van der Waals surface area contributed by atoms with Gasteiger partial charge in [0.05, 0.1) is 6.61 Å². The number of anilines is 1. The van der Waals surface area contributed by atoms with Crippen LogP contribution in [0.2, 0.25) is 0 Å². The SMILES string of the molecule is C[C@@]1(F)C(n2ccc(N)nc2=O)O[C@H](CO)[C@@H]1O. The van der Waals surface area contributed by atoms with E-state index in [4.69, 9.17) is 15.6 Å². The van der Waals surface area contributed by atoms with Crippen molar-refractivity contribution in [2.24, 2.45) is 0 Å². The minimum atomic E-state index is -2.21. The van der Waals surface area contributed by atoms with E-state index in [-0.39, 0.29) is 5.82 Å². The topological polar surface area (TPSA) is 111 Å². The van der Waals surface area contributed by atoms with Crippen molar-refractivity contribution >= 4 is 5.82 Å². The largest absolute Gasteiger partial charge is 0.394 e. The Labute approximate surface area is 102 Å². The van der Waals surface area contributed by atoms with Gasteiger partial charge in [-0.05, 0) is 13.0 Å². The third-order valence-electron chi connectivity index (χ3n) is 3.00. The fraction of sp³-hybridized carbons (Fsp3) is 0.600. The fourth-order valence-corrected chi connectivity index (χ4v) is 1.97. The Hall–Kier alpha value is -1.51. The van der Waals surface area contributed by atoms with E-state index in [9.17, 15) is 14.3 Å². The maximum absolute atomic E-state index is 14.4. The lowest BCUT2D eigenvalue weighted by Gasteiger charge is -2.24. The van der Waals surface area contributed by atoms with Crippen molar-refractivity contribution in [3.8, 4) is 0 Å². The number of nitrogens with zero attached hydrogens (tertiary/aromatic N) is 2. The van der Waals surface area contributed by atoms with Gasteiger partial charge in [-0.1, -0.05) is 0 Å². The molecule has 4 N–H and O–H groups in total. The number of ether oxygens (including phenoxy) is 1. The zero-order valence-electron chi connectivity index (χ0n) is 9.65. The van der Waals surface area contributed by atoms with Gasteiger partial charge in [-0.15, -0.1) is 0 Å². The summed E-state index contributed by atoms with van der Waals surface area (Å²) in [6.07, 6.45) is -2.74. The van der Waals surface area contributed by atoms with Crippen LogP contribution in [-0.4, -0.2) is 44.2 Å². The second kappa shape index (κ2) is 4.30. The molecule has 1 aliphatic heterocycles. The first-order chi connectivity index (χ1) is 8.37. The van der Waals surface area contributed by atoms with Gasteiger partial charge in [0.2, 0.25) is 0 Å². The number of nitrogen functional groups attached to an aromatic ring is 1. The van der Waals surface area contributed by atoms with E-state index in [1.807, 2.05) is 0 Å². The summed E-state index contributed by atoms with van der Waals surface area (Å²) in [4.78, 5) is 15.1. The van der Waals surface area contributed by atoms with Crippen molar-refractivity contribution in [1.29, 1.82) is 0 Å². The second-order valence-corrected chi connectivity index (χ2v) is 4.35. The lowest BCUT2D eigenvalue weighted by atomic mass is 9.98. The molecule has 0 amide bonds. The highest BCUT2D eigenvalue weighted by Crippen LogP contribution is 2.40. The first-order valence-electron chi connectivity index (χ1n) is 5.36. The number of hydrogen-bond donors (Lipinski definition) is 3. The number of hydrogen-bond acceptors (Lipinski definition) is 6. The molecule has 0 aliphatic carbocycles. The third kappa shape index (κ3) is 1.88. The predicted molar refractivity (Wildman–Crippen MR) is 59.4 cm³/mol. The molecule has 0 saturated carbocycles. The maximum atomic E-state index is 14.4. The van der Waals surface area contributed by atoms with Gasteiger partial charge in [0.25, 0.3) is 0 Å². The van der Waals surface area contributed by atoms with Crippen molar-refractivity contribution in [2.45, 2.75) is 31.0 Å². The number of halogens is 1. The van der Waals surface area contributed by atoms with Crippen molar-refractivity contribution in [3.05, 3.63) is 22.7 Å². The molecular weight excluding hydrogens is 245 g/mol. The average Bonchev–Trinajstić information content (AvgIpc) is 2.52. The third-order valence-corrected chi connectivity index (χ3v) is 3.00. The highest BCUT2D eigenvalue weighted by atomic mass is 19.1. The van der Waals surface area contributed by atoms with Crippen LogP contribution in [0.25, 0.3) is 0 Å². The maximum Gasteiger partial charge on any atom is 0.351 e. The normalized spacial score (nSPS) is 35.9. The smallest absolute Gasteiger partial charge is 0.351 e. The van der Waals surface area contributed by atoms with E-state index in [1.165, 1.54) is 12.3 Å². The number of aliphatic hydroxyl groups is 2. The predicted octanol–water partition coefficient (Wildman–Crippen LogP) is -1.20.